The normalized spacial score (nSPS) is 19.3. The molecule has 0 bridgehead atoms. The molecule has 0 spiro atoms. The van der Waals surface area contributed by atoms with Crippen LogP contribution in [0.4, 0.5) is 37.5 Å². The quantitative estimate of drug-likeness (QED) is 0.305. The molecule has 3 aliphatic heterocycles. The number of methoxy groups -OCH3 is 1. The van der Waals surface area contributed by atoms with E-state index in [1.807, 2.05) is 12.1 Å². The molecule has 244 valence electrons. The van der Waals surface area contributed by atoms with Gasteiger partial charge in [0.15, 0.2) is 5.82 Å². The lowest BCUT2D eigenvalue weighted by atomic mass is 9.96. The number of ether oxygens (including phenoxy) is 1. The van der Waals surface area contributed by atoms with Crippen LogP contribution >= 0.6 is 0 Å². The average molecular weight is 635 g/mol. The number of likely N-dealkylation sites (N-methyl/N-ethyl adjacent to an activating group) is 1. The zero-order valence-corrected chi connectivity index (χ0v) is 26.4. The number of carbonyl (C=O) groups is 1. The number of hydroxylamine groups is 1. The molecule has 46 heavy (non-hydrogen) atoms. The number of piperidine rings is 1. The average Bonchev–Trinajstić information content (AvgIpc) is 3.51. The van der Waals surface area contributed by atoms with E-state index >= 15 is 0 Å². The fourth-order valence-corrected chi connectivity index (χ4v) is 6.40. The predicted molar refractivity (Wildman–Crippen MR) is 174 cm³/mol. The standard InChI is InChI=1S/C33H40F2N8O3/c1-5-33(44)39-26-15-27(30(45-4)16-29(26)41-9-6-24(7-10-41)42-18-25(19-42)40(2)3)38-31-17-32(37-20-36-31)43-28(8-11-46-43)21-12-22(34)14-23(35)13-21/h5,12-17,20,24-25,28H,1,6-11,18-19H2,2-4H3,(H,39,44)(H,36,37,38). The Balaban J connectivity index is 1.22. The van der Waals surface area contributed by atoms with Gasteiger partial charge in [-0.2, -0.15) is 0 Å². The third-order valence-electron chi connectivity index (χ3n) is 9.02. The van der Waals surface area contributed by atoms with E-state index in [9.17, 15) is 13.6 Å². The Hall–Kier alpha value is -4.33. The van der Waals surface area contributed by atoms with Crippen molar-refractivity contribution in [3.8, 4) is 5.75 Å². The molecule has 0 aliphatic carbocycles. The van der Waals surface area contributed by atoms with Gasteiger partial charge in [-0.05, 0) is 56.8 Å². The van der Waals surface area contributed by atoms with Crippen LogP contribution in [0.2, 0.25) is 0 Å². The number of halogens is 2. The summed E-state index contributed by atoms with van der Waals surface area (Å²) in [4.78, 5) is 34.2. The molecular weight excluding hydrogens is 594 g/mol. The zero-order chi connectivity index (χ0) is 32.4. The Kier molecular flexibility index (Phi) is 9.34. The second-order valence-electron chi connectivity index (χ2n) is 12.1. The number of amides is 1. The topological polar surface area (TPSA) is 98.3 Å². The van der Waals surface area contributed by atoms with E-state index in [1.54, 1.807) is 18.2 Å². The van der Waals surface area contributed by atoms with Gasteiger partial charge in [-0.1, -0.05) is 6.58 Å². The second-order valence-corrected chi connectivity index (χ2v) is 12.1. The second kappa shape index (κ2) is 13.6. The van der Waals surface area contributed by atoms with Crippen LogP contribution in [0.1, 0.15) is 30.9 Å². The van der Waals surface area contributed by atoms with Gasteiger partial charge in [-0.25, -0.2) is 23.8 Å². The van der Waals surface area contributed by atoms with E-state index in [4.69, 9.17) is 9.57 Å². The summed E-state index contributed by atoms with van der Waals surface area (Å²) in [6, 6.07) is 9.62. The lowest BCUT2D eigenvalue weighted by Crippen LogP contribution is -2.62. The first-order chi connectivity index (χ1) is 22.2. The van der Waals surface area contributed by atoms with E-state index in [0.29, 0.717) is 59.4 Å². The summed E-state index contributed by atoms with van der Waals surface area (Å²) in [5.74, 6) is -0.208. The van der Waals surface area contributed by atoms with Gasteiger partial charge in [0, 0.05) is 62.9 Å². The number of anilines is 5. The first-order valence-electron chi connectivity index (χ1n) is 15.5. The molecule has 3 aliphatic rings. The number of nitrogens with zero attached hydrogens (tertiary/aromatic N) is 6. The van der Waals surface area contributed by atoms with Crippen molar-refractivity contribution in [3.05, 3.63) is 72.6 Å². The predicted octanol–water partition coefficient (Wildman–Crippen LogP) is 4.73. The summed E-state index contributed by atoms with van der Waals surface area (Å²) >= 11 is 0. The maximum atomic E-state index is 14.0. The van der Waals surface area contributed by atoms with Crippen LogP contribution in [0.3, 0.4) is 0 Å². The van der Waals surface area contributed by atoms with Crippen molar-refractivity contribution in [2.75, 3.05) is 74.6 Å². The van der Waals surface area contributed by atoms with Gasteiger partial charge in [0.05, 0.1) is 36.8 Å². The molecule has 4 heterocycles. The number of carbonyl (C=O) groups excluding carboxylic acids is 1. The Labute approximate surface area is 267 Å². The number of hydrogen-bond donors (Lipinski definition) is 2. The van der Waals surface area contributed by atoms with Crippen LogP contribution in [0.5, 0.6) is 5.75 Å². The molecule has 1 aromatic heterocycles. The molecule has 2 aromatic carbocycles. The molecular formula is C33H40F2N8O3. The number of hydrogen-bond acceptors (Lipinski definition) is 10. The monoisotopic (exact) mass is 634 g/mol. The first kappa shape index (κ1) is 31.6. The fraction of sp³-hybridized carbons (Fsp3) is 0.424. The summed E-state index contributed by atoms with van der Waals surface area (Å²) in [5, 5.41) is 7.80. The molecule has 11 nitrogen and oxygen atoms in total. The third kappa shape index (κ3) is 6.76. The molecule has 13 heteroatoms. The van der Waals surface area contributed by atoms with E-state index in [1.165, 1.54) is 24.5 Å². The van der Waals surface area contributed by atoms with Crippen LogP contribution in [0, 0.1) is 11.6 Å². The molecule has 3 saturated heterocycles. The van der Waals surface area contributed by atoms with Crippen LogP contribution in [-0.2, 0) is 9.63 Å². The molecule has 0 saturated carbocycles. The largest absolute Gasteiger partial charge is 0.494 e. The van der Waals surface area contributed by atoms with Crippen molar-refractivity contribution in [3.63, 3.8) is 0 Å². The minimum atomic E-state index is -0.652. The summed E-state index contributed by atoms with van der Waals surface area (Å²) < 4.78 is 33.8. The molecule has 1 amide bonds. The maximum Gasteiger partial charge on any atom is 0.247 e. The highest BCUT2D eigenvalue weighted by molar-refractivity contribution is 6.02. The molecule has 0 radical (unpaired) electrons. The lowest BCUT2D eigenvalue weighted by Gasteiger charge is -2.49. The van der Waals surface area contributed by atoms with Crippen molar-refractivity contribution >= 4 is 34.6 Å². The lowest BCUT2D eigenvalue weighted by molar-refractivity contribution is -0.111. The highest BCUT2D eigenvalue weighted by Crippen LogP contribution is 2.41. The number of likely N-dealkylation sites (tertiary alicyclic amines) is 1. The van der Waals surface area contributed by atoms with Crippen LogP contribution in [-0.4, -0.2) is 91.7 Å². The summed E-state index contributed by atoms with van der Waals surface area (Å²) in [5.41, 5.74) is 2.51. The van der Waals surface area contributed by atoms with Crippen molar-refractivity contribution in [2.24, 2.45) is 0 Å². The Morgan fingerprint density at radius 3 is 2.46 bits per heavy atom. The number of aromatic nitrogens is 2. The van der Waals surface area contributed by atoms with E-state index in [-0.39, 0.29) is 5.91 Å². The van der Waals surface area contributed by atoms with Crippen molar-refractivity contribution in [1.82, 2.24) is 19.8 Å². The van der Waals surface area contributed by atoms with Crippen LogP contribution in [0.15, 0.2) is 55.4 Å². The number of nitrogens with one attached hydrogen (secondary N) is 2. The number of rotatable bonds is 10. The van der Waals surface area contributed by atoms with Gasteiger partial charge >= 0.3 is 0 Å². The Bertz CT molecular complexity index is 1560. The van der Waals surface area contributed by atoms with Crippen molar-refractivity contribution in [2.45, 2.75) is 37.4 Å². The molecule has 3 fully saturated rings. The minimum Gasteiger partial charge on any atom is -0.494 e. The van der Waals surface area contributed by atoms with Gasteiger partial charge in [0.1, 0.15) is 29.5 Å². The molecule has 1 atom stereocenters. The third-order valence-corrected chi connectivity index (χ3v) is 9.02. The Morgan fingerprint density at radius 2 is 1.78 bits per heavy atom. The van der Waals surface area contributed by atoms with Gasteiger partial charge < -0.3 is 25.2 Å². The van der Waals surface area contributed by atoms with E-state index in [0.717, 1.165) is 50.8 Å². The van der Waals surface area contributed by atoms with Crippen LogP contribution < -0.4 is 25.3 Å². The van der Waals surface area contributed by atoms with Crippen LogP contribution in [0.25, 0.3) is 0 Å². The summed E-state index contributed by atoms with van der Waals surface area (Å²) in [7, 11) is 5.86. The summed E-state index contributed by atoms with van der Waals surface area (Å²) in [6.45, 7) is 7.89. The van der Waals surface area contributed by atoms with Crippen molar-refractivity contribution < 1.29 is 23.1 Å². The maximum absolute atomic E-state index is 14.0. The minimum absolute atomic E-state index is 0.321. The van der Waals surface area contributed by atoms with Gasteiger partial charge in [0.25, 0.3) is 0 Å². The highest BCUT2D eigenvalue weighted by Gasteiger charge is 2.35. The first-order valence-corrected chi connectivity index (χ1v) is 15.5. The van der Waals surface area contributed by atoms with Gasteiger partial charge in [-0.15, -0.1) is 0 Å². The van der Waals surface area contributed by atoms with Gasteiger partial charge in [-0.3, -0.25) is 14.5 Å². The molecule has 2 N–H and O–H groups in total. The summed E-state index contributed by atoms with van der Waals surface area (Å²) in [6.07, 6.45) is 5.22. The SMILES string of the molecule is C=CC(=O)Nc1cc(Nc2cc(N3OCCC3c3cc(F)cc(F)c3)ncn2)c(OC)cc1N1CCC(N2CC(N(C)C)C2)CC1. The van der Waals surface area contributed by atoms with Gasteiger partial charge in [0.2, 0.25) is 5.91 Å². The molecule has 1 unspecified atom stereocenters. The number of benzene rings is 2. The van der Waals surface area contributed by atoms with Crippen molar-refractivity contribution in [1.29, 1.82) is 0 Å². The van der Waals surface area contributed by atoms with E-state index < -0.39 is 17.7 Å². The van der Waals surface area contributed by atoms with E-state index in [2.05, 4.69) is 56.0 Å². The molecule has 3 aromatic rings. The highest BCUT2D eigenvalue weighted by atomic mass is 19.1. The zero-order valence-electron chi connectivity index (χ0n) is 26.4. The molecule has 6 rings (SSSR count). The Morgan fingerprint density at radius 1 is 1.04 bits per heavy atom. The smallest absolute Gasteiger partial charge is 0.247 e. The fourth-order valence-electron chi connectivity index (χ4n) is 6.40.